The van der Waals surface area contributed by atoms with Crippen LogP contribution in [0.1, 0.15) is 21.3 Å². The summed E-state index contributed by atoms with van der Waals surface area (Å²) in [5, 5.41) is 13.4. The Morgan fingerprint density at radius 1 is 1.39 bits per heavy atom. The number of nitrogens with zero attached hydrogens (tertiary/aromatic N) is 1. The molecule has 1 N–H and O–H groups in total. The summed E-state index contributed by atoms with van der Waals surface area (Å²) in [6, 6.07) is 10.2. The average Bonchev–Trinajstić information content (AvgIpc) is 2.89. The molecular formula is C13H9FN2OS. The van der Waals surface area contributed by atoms with Crippen LogP contribution in [-0.4, -0.2) is 5.91 Å². The Kier molecular flexibility index (Phi) is 3.70. The summed E-state index contributed by atoms with van der Waals surface area (Å²) < 4.78 is 13.0. The first kappa shape index (κ1) is 12.3. The van der Waals surface area contributed by atoms with Crippen LogP contribution in [0, 0.1) is 17.1 Å². The second-order valence-corrected chi connectivity index (χ2v) is 4.54. The minimum Gasteiger partial charge on any atom is -0.332 e. The second kappa shape index (κ2) is 5.43. The van der Waals surface area contributed by atoms with E-state index >= 15 is 0 Å². The fourth-order valence-electron chi connectivity index (χ4n) is 1.47. The standard InChI is InChI=1S/C13H9FN2OS/c14-10-4-1-3-9(7-10)13(17)16-11(8-15)12-5-2-6-18-12/h1-7,11H,(H,16,17). The van der Waals surface area contributed by atoms with Gasteiger partial charge in [0.15, 0.2) is 6.04 Å². The van der Waals surface area contributed by atoms with Gasteiger partial charge in [-0.2, -0.15) is 5.26 Å². The molecule has 1 heterocycles. The molecule has 0 aliphatic heterocycles. The number of nitriles is 1. The molecule has 1 aromatic carbocycles. The van der Waals surface area contributed by atoms with Gasteiger partial charge in [0.1, 0.15) is 5.82 Å². The van der Waals surface area contributed by atoms with Crippen molar-refractivity contribution in [2.24, 2.45) is 0 Å². The number of nitrogens with one attached hydrogen (secondary N) is 1. The molecule has 2 aromatic rings. The fourth-order valence-corrected chi connectivity index (χ4v) is 2.19. The van der Waals surface area contributed by atoms with Crippen LogP contribution in [0.4, 0.5) is 4.39 Å². The van der Waals surface area contributed by atoms with Crippen LogP contribution >= 0.6 is 11.3 Å². The number of amides is 1. The van der Waals surface area contributed by atoms with Crippen molar-refractivity contribution in [3.05, 3.63) is 58.0 Å². The SMILES string of the molecule is N#CC(NC(=O)c1cccc(F)c1)c1cccs1. The largest absolute Gasteiger partial charge is 0.332 e. The van der Waals surface area contributed by atoms with E-state index in [1.165, 1.54) is 29.5 Å². The number of rotatable bonds is 3. The van der Waals surface area contributed by atoms with E-state index in [2.05, 4.69) is 5.32 Å². The van der Waals surface area contributed by atoms with Crippen LogP contribution in [0.15, 0.2) is 41.8 Å². The molecule has 5 heteroatoms. The maximum absolute atomic E-state index is 13.0. The van der Waals surface area contributed by atoms with Crippen molar-refractivity contribution < 1.29 is 9.18 Å². The predicted molar refractivity (Wildman–Crippen MR) is 66.5 cm³/mol. The molecule has 90 valence electrons. The van der Waals surface area contributed by atoms with E-state index in [9.17, 15) is 9.18 Å². The van der Waals surface area contributed by atoms with Crippen LogP contribution in [0.5, 0.6) is 0 Å². The Hall–Kier alpha value is -2.19. The van der Waals surface area contributed by atoms with E-state index in [-0.39, 0.29) is 5.56 Å². The van der Waals surface area contributed by atoms with E-state index in [1.807, 2.05) is 11.4 Å². The third-order valence-corrected chi connectivity index (χ3v) is 3.26. The summed E-state index contributed by atoms with van der Waals surface area (Å²) >= 11 is 1.38. The zero-order chi connectivity index (χ0) is 13.0. The molecule has 1 aromatic heterocycles. The van der Waals surface area contributed by atoms with E-state index in [0.717, 1.165) is 10.9 Å². The summed E-state index contributed by atoms with van der Waals surface area (Å²) in [5.41, 5.74) is 0.201. The third kappa shape index (κ3) is 2.73. The zero-order valence-corrected chi connectivity index (χ0v) is 10.1. The highest BCUT2D eigenvalue weighted by Crippen LogP contribution is 2.18. The molecule has 0 saturated carbocycles. The molecule has 3 nitrogen and oxygen atoms in total. The summed E-state index contributed by atoms with van der Waals surface area (Å²) in [4.78, 5) is 12.6. The number of carbonyl (C=O) groups is 1. The van der Waals surface area contributed by atoms with Crippen LogP contribution in [0.3, 0.4) is 0 Å². The molecule has 0 saturated heterocycles. The normalized spacial score (nSPS) is 11.6. The molecule has 0 spiro atoms. The van der Waals surface area contributed by atoms with Crippen LogP contribution in [0.25, 0.3) is 0 Å². The van der Waals surface area contributed by atoms with Gasteiger partial charge in [0, 0.05) is 10.4 Å². The molecule has 0 bridgehead atoms. The molecule has 0 aliphatic carbocycles. The lowest BCUT2D eigenvalue weighted by molar-refractivity contribution is 0.0945. The monoisotopic (exact) mass is 260 g/mol. The number of thiophene rings is 1. The Morgan fingerprint density at radius 2 is 2.22 bits per heavy atom. The van der Waals surface area contributed by atoms with Gasteiger partial charge >= 0.3 is 0 Å². The minimum absolute atomic E-state index is 0.201. The molecule has 1 unspecified atom stereocenters. The van der Waals surface area contributed by atoms with Crippen LogP contribution in [0.2, 0.25) is 0 Å². The van der Waals surface area contributed by atoms with Gasteiger partial charge in [-0.3, -0.25) is 4.79 Å². The first-order valence-corrected chi connectivity index (χ1v) is 6.08. The van der Waals surface area contributed by atoms with Crippen molar-refractivity contribution >= 4 is 17.2 Å². The number of carbonyl (C=O) groups excluding carboxylic acids is 1. The van der Waals surface area contributed by atoms with Crippen molar-refractivity contribution in [1.29, 1.82) is 5.26 Å². The van der Waals surface area contributed by atoms with Gasteiger partial charge in [0.25, 0.3) is 5.91 Å². The van der Waals surface area contributed by atoms with Crippen molar-refractivity contribution in [2.45, 2.75) is 6.04 Å². The first-order valence-electron chi connectivity index (χ1n) is 5.20. The van der Waals surface area contributed by atoms with Crippen molar-refractivity contribution in [1.82, 2.24) is 5.32 Å². The lowest BCUT2D eigenvalue weighted by Crippen LogP contribution is -2.27. The molecular weight excluding hydrogens is 251 g/mol. The molecule has 1 atom stereocenters. The zero-order valence-electron chi connectivity index (χ0n) is 9.26. The van der Waals surface area contributed by atoms with Gasteiger partial charge in [-0.15, -0.1) is 11.3 Å². The quantitative estimate of drug-likeness (QED) is 0.922. The summed E-state index contributed by atoms with van der Waals surface area (Å²) in [6.07, 6.45) is 0. The Balaban J connectivity index is 2.14. The highest BCUT2D eigenvalue weighted by atomic mass is 32.1. The smallest absolute Gasteiger partial charge is 0.252 e. The molecule has 18 heavy (non-hydrogen) atoms. The average molecular weight is 260 g/mol. The van der Waals surface area contributed by atoms with Crippen molar-refractivity contribution in [3.8, 4) is 6.07 Å². The lowest BCUT2D eigenvalue weighted by atomic mass is 10.2. The lowest BCUT2D eigenvalue weighted by Gasteiger charge is -2.09. The summed E-state index contributed by atoms with van der Waals surface area (Å²) in [7, 11) is 0. The maximum atomic E-state index is 13.0. The van der Waals surface area contributed by atoms with Gasteiger partial charge < -0.3 is 5.32 Å². The highest BCUT2D eigenvalue weighted by Gasteiger charge is 2.16. The number of hydrogen-bond acceptors (Lipinski definition) is 3. The van der Waals surface area contributed by atoms with E-state index in [4.69, 9.17) is 5.26 Å². The van der Waals surface area contributed by atoms with Crippen LogP contribution < -0.4 is 5.32 Å². The van der Waals surface area contributed by atoms with Gasteiger partial charge in [-0.25, -0.2) is 4.39 Å². The highest BCUT2D eigenvalue weighted by molar-refractivity contribution is 7.10. The number of halogens is 1. The van der Waals surface area contributed by atoms with Gasteiger partial charge in [-0.05, 0) is 29.6 Å². The maximum Gasteiger partial charge on any atom is 0.252 e. The molecule has 0 radical (unpaired) electrons. The molecule has 2 rings (SSSR count). The molecule has 0 fully saturated rings. The van der Waals surface area contributed by atoms with Gasteiger partial charge in [-0.1, -0.05) is 12.1 Å². The molecule has 0 aliphatic rings. The second-order valence-electron chi connectivity index (χ2n) is 3.56. The summed E-state index contributed by atoms with van der Waals surface area (Å²) in [6.45, 7) is 0. The van der Waals surface area contributed by atoms with Crippen LogP contribution in [-0.2, 0) is 0 Å². The third-order valence-electron chi connectivity index (χ3n) is 2.32. The van der Waals surface area contributed by atoms with Gasteiger partial charge in [0.05, 0.1) is 6.07 Å². The predicted octanol–water partition coefficient (Wildman–Crippen LogP) is 2.88. The topological polar surface area (TPSA) is 52.9 Å². The van der Waals surface area contributed by atoms with E-state index < -0.39 is 17.8 Å². The first-order chi connectivity index (χ1) is 8.70. The summed E-state index contributed by atoms with van der Waals surface area (Å²) in [5.74, 6) is -0.943. The Bertz CT molecular complexity index is 589. The number of benzene rings is 1. The van der Waals surface area contributed by atoms with Crippen molar-refractivity contribution in [3.63, 3.8) is 0 Å². The van der Waals surface area contributed by atoms with Gasteiger partial charge in [0.2, 0.25) is 0 Å². The minimum atomic E-state index is -0.708. The fraction of sp³-hybridized carbons (Fsp3) is 0.0769. The Labute approximate surface area is 107 Å². The Morgan fingerprint density at radius 3 is 2.83 bits per heavy atom. The van der Waals surface area contributed by atoms with E-state index in [1.54, 1.807) is 12.1 Å². The van der Waals surface area contributed by atoms with E-state index in [0.29, 0.717) is 0 Å². The molecule has 1 amide bonds. The van der Waals surface area contributed by atoms with Crippen molar-refractivity contribution in [2.75, 3.05) is 0 Å². The number of hydrogen-bond donors (Lipinski definition) is 1.